The molecule has 276 valence electrons. The van der Waals surface area contributed by atoms with E-state index in [2.05, 4.69) is 14.2 Å². The van der Waals surface area contributed by atoms with E-state index in [9.17, 15) is 38.2 Å². The van der Waals surface area contributed by atoms with E-state index in [-0.39, 0.29) is 60.8 Å². The molecule has 0 aliphatic carbocycles. The van der Waals surface area contributed by atoms with Gasteiger partial charge in [0, 0.05) is 18.6 Å². The minimum atomic E-state index is -3.41. The molecule has 0 unspecified atom stereocenters. The molecular weight excluding hydrogens is 674 g/mol. The first-order valence-corrected chi connectivity index (χ1v) is 16.3. The highest BCUT2D eigenvalue weighted by molar-refractivity contribution is 7.85. The number of phenolic OH excluding ortho intramolecular Hbond substituents is 1. The summed E-state index contributed by atoms with van der Waals surface area (Å²) in [5, 5.41) is 32.5. The van der Waals surface area contributed by atoms with E-state index < -0.39 is 37.3 Å². The summed E-state index contributed by atoms with van der Waals surface area (Å²) in [6.07, 6.45) is 0.932. The number of nitro groups is 2. The minimum absolute atomic E-state index is 0.0120. The van der Waals surface area contributed by atoms with Crippen LogP contribution in [0.15, 0.2) is 36.4 Å². The van der Waals surface area contributed by atoms with Crippen molar-refractivity contribution in [3.05, 3.63) is 56.6 Å². The number of hydrogen-bond donors (Lipinski definition) is 2. The molecule has 0 saturated carbocycles. The lowest BCUT2D eigenvalue weighted by atomic mass is 10.2. The molecule has 1 amide bonds. The van der Waals surface area contributed by atoms with Crippen LogP contribution in [0.3, 0.4) is 0 Å². The van der Waals surface area contributed by atoms with E-state index in [1.54, 1.807) is 41.5 Å². The normalized spacial score (nSPS) is 11.0. The summed E-state index contributed by atoms with van der Waals surface area (Å²) >= 11 is 0. The van der Waals surface area contributed by atoms with Crippen molar-refractivity contribution in [1.82, 2.24) is 5.32 Å². The van der Waals surface area contributed by atoms with E-state index in [1.165, 1.54) is 44.6 Å². The molecule has 0 bridgehead atoms. The van der Waals surface area contributed by atoms with Gasteiger partial charge in [-0.15, -0.1) is 0 Å². The average Bonchev–Trinajstić information content (AvgIpc) is 2.96. The molecule has 2 aromatic rings. The number of hydrogen-bond acceptors (Lipinski definition) is 15. The average molecular weight is 720 g/mol. The Hall–Kier alpha value is -4.91. The van der Waals surface area contributed by atoms with Crippen molar-refractivity contribution in [2.75, 3.05) is 40.2 Å². The molecule has 0 aliphatic heterocycles. The van der Waals surface area contributed by atoms with Gasteiger partial charge in [0.05, 0.1) is 55.6 Å². The van der Waals surface area contributed by atoms with Crippen molar-refractivity contribution in [3.8, 4) is 23.0 Å². The van der Waals surface area contributed by atoms with Gasteiger partial charge >= 0.3 is 12.1 Å². The highest BCUT2D eigenvalue weighted by Gasteiger charge is 2.17. The van der Waals surface area contributed by atoms with E-state index in [4.69, 9.17) is 24.1 Å². The molecule has 0 atom stereocenters. The standard InChI is InChI=1S/C14H20N2O6.C9H18O5S.C7H7NO4/c1-14(2,3)22-13(17)15-7-8-21-11-6-5-10(16(18)19)9-12(11)20-4;1-9(2,3)14-8(10)6-5-7-13-15(4,11)12;1-12-7-4-5(8(10)11)2-3-6(7)9/h5-6,9H,7-8H2,1-4H3,(H,15,17);5-7H2,1-4H3;2-4,9H,1H3. The molecule has 0 saturated heterocycles. The van der Waals surface area contributed by atoms with Gasteiger partial charge in [0.1, 0.15) is 17.8 Å². The SMILES string of the molecule is CC(C)(C)OC(=O)CCCOS(C)(=O)=O.COc1cc([N+](=O)[O-])ccc1O.COc1cc([N+](=O)[O-])ccc1OCCNC(=O)OC(C)(C)C. The Labute approximate surface area is 285 Å². The summed E-state index contributed by atoms with van der Waals surface area (Å²) in [6, 6.07) is 7.63. The Morgan fingerprint density at radius 3 is 1.80 bits per heavy atom. The number of benzene rings is 2. The summed E-state index contributed by atoms with van der Waals surface area (Å²) in [5.41, 5.74) is -1.26. The van der Waals surface area contributed by atoms with Crippen molar-refractivity contribution < 1.29 is 60.8 Å². The molecule has 0 spiro atoms. The van der Waals surface area contributed by atoms with Gasteiger partial charge < -0.3 is 34.1 Å². The van der Waals surface area contributed by atoms with Crippen LogP contribution in [0.4, 0.5) is 16.2 Å². The summed E-state index contributed by atoms with van der Waals surface area (Å²) in [4.78, 5) is 42.4. The first kappa shape index (κ1) is 44.1. The zero-order valence-corrected chi connectivity index (χ0v) is 29.8. The van der Waals surface area contributed by atoms with Gasteiger partial charge in [0.2, 0.25) is 0 Å². The number of nitrogens with zero attached hydrogens (tertiary/aromatic N) is 2. The first-order chi connectivity index (χ1) is 22.5. The minimum Gasteiger partial charge on any atom is -0.504 e. The zero-order valence-electron chi connectivity index (χ0n) is 29.0. The molecule has 0 aliphatic rings. The Balaban J connectivity index is 0.000000744. The second-order valence-electron chi connectivity index (χ2n) is 11.7. The monoisotopic (exact) mass is 719 g/mol. The molecule has 0 radical (unpaired) electrons. The molecule has 49 heavy (non-hydrogen) atoms. The number of nitrogens with one attached hydrogen (secondary N) is 1. The van der Waals surface area contributed by atoms with Gasteiger partial charge in [-0.25, -0.2) is 4.79 Å². The molecule has 19 heteroatoms. The molecule has 0 fully saturated rings. The number of carbonyl (C=O) groups excluding carboxylic acids is 2. The quantitative estimate of drug-likeness (QED) is 0.0919. The highest BCUT2D eigenvalue weighted by Crippen LogP contribution is 2.31. The Morgan fingerprint density at radius 1 is 0.816 bits per heavy atom. The number of phenols is 1. The smallest absolute Gasteiger partial charge is 0.407 e. The van der Waals surface area contributed by atoms with Crippen LogP contribution in [0.1, 0.15) is 54.4 Å². The van der Waals surface area contributed by atoms with E-state index in [0.717, 1.165) is 12.3 Å². The summed E-state index contributed by atoms with van der Waals surface area (Å²) in [5.74, 6) is 0.262. The predicted octanol–water partition coefficient (Wildman–Crippen LogP) is 4.90. The van der Waals surface area contributed by atoms with Crippen molar-refractivity contribution in [2.24, 2.45) is 0 Å². The molecule has 18 nitrogen and oxygen atoms in total. The first-order valence-electron chi connectivity index (χ1n) is 14.5. The van der Waals surface area contributed by atoms with Crippen LogP contribution in [0, 0.1) is 20.2 Å². The maximum absolute atomic E-state index is 11.4. The van der Waals surface area contributed by atoms with Crippen LogP contribution >= 0.6 is 0 Å². The number of esters is 1. The molecule has 2 rings (SSSR count). The van der Waals surface area contributed by atoms with Gasteiger partial charge in [-0.2, -0.15) is 8.42 Å². The van der Waals surface area contributed by atoms with Crippen molar-refractivity contribution in [3.63, 3.8) is 0 Å². The van der Waals surface area contributed by atoms with Gasteiger partial charge in [-0.1, -0.05) is 0 Å². The van der Waals surface area contributed by atoms with Crippen LogP contribution < -0.4 is 19.5 Å². The number of amides is 1. The third-order valence-electron chi connectivity index (χ3n) is 5.00. The van der Waals surface area contributed by atoms with Crippen molar-refractivity contribution >= 4 is 33.6 Å². The molecule has 2 N–H and O–H groups in total. The summed E-state index contributed by atoms with van der Waals surface area (Å²) < 4.78 is 50.9. The lowest BCUT2D eigenvalue weighted by Gasteiger charge is -2.19. The third kappa shape index (κ3) is 21.6. The van der Waals surface area contributed by atoms with E-state index >= 15 is 0 Å². The zero-order chi connectivity index (χ0) is 38.0. The second-order valence-corrected chi connectivity index (χ2v) is 13.3. The predicted molar refractivity (Wildman–Crippen MR) is 177 cm³/mol. The lowest BCUT2D eigenvalue weighted by molar-refractivity contribution is -0.385. The van der Waals surface area contributed by atoms with E-state index in [0.29, 0.717) is 12.2 Å². The Morgan fingerprint density at radius 2 is 1.33 bits per heavy atom. The van der Waals surface area contributed by atoms with Crippen molar-refractivity contribution in [1.29, 1.82) is 0 Å². The largest absolute Gasteiger partial charge is 0.504 e. The van der Waals surface area contributed by atoms with Crippen LogP contribution in [-0.4, -0.2) is 86.9 Å². The highest BCUT2D eigenvalue weighted by atomic mass is 32.2. The van der Waals surface area contributed by atoms with Crippen LogP contribution in [0.2, 0.25) is 0 Å². The van der Waals surface area contributed by atoms with Gasteiger partial charge in [-0.3, -0.25) is 29.2 Å². The number of aromatic hydroxyl groups is 1. The number of rotatable bonds is 13. The fourth-order valence-electron chi connectivity index (χ4n) is 3.12. The topological polar surface area (TPSA) is 242 Å². The number of non-ortho nitro benzene ring substituents is 2. The van der Waals surface area contributed by atoms with Crippen LogP contribution in [-0.2, 0) is 28.6 Å². The molecule has 2 aromatic carbocycles. The fraction of sp³-hybridized carbons (Fsp3) is 0.533. The molecule has 0 aromatic heterocycles. The van der Waals surface area contributed by atoms with Gasteiger partial charge in [0.25, 0.3) is 21.5 Å². The number of carbonyl (C=O) groups is 2. The maximum Gasteiger partial charge on any atom is 0.407 e. The van der Waals surface area contributed by atoms with Gasteiger partial charge in [0.15, 0.2) is 23.0 Å². The maximum atomic E-state index is 11.4. The number of methoxy groups -OCH3 is 2. The molecular formula is C30H45N3O15S. The van der Waals surface area contributed by atoms with Crippen molar-refractivity contribution in [2.45, 2.75) is 65.6 Å². The Kier molecular flexibility index (Phi) is 18.4. The Bertz CT molecular complexity index is 1500. The fourth-order valence-corrected chi connectivity index (χ4v) is 3.54. The van der Waals surface area contributed by atoms with Crippen LogP contribution in [0.5, 0.6) is 23.0 Å². The third-order valence-corrected chi connectivity index (χ3v) is 5.60. The second kappa shape index (κ2) is 20.5. The number of nitro benzene ring substituents is 2. The number of alkyl carbamates (subject to hydrolysis) is 1. The van der Waals surface area contributed by atoms with Crippen LogP contribution in [0.25, 0.3) is 0 Å². The van der Waals surface area contributed by atoms with E-state index in [1.807, 2.05) is 0 Å². The summed E-state index contributed by atoms with van der Waals surface area (Å²) in [7, 11) is -0.683. The molecule has 0 heterocycles. The number of ether oxygens (including phenoxy) is 5. The lowest BCUT2D eigenvalue weighted by Crippen LogP contribution is -2.34. The summed E-state index contributed by atoms with van der Waals surface area (Å²) in [6.45, 7) is 11.1. The van der Waals surface area contributed by atoms with Gasteiger partial charge in [-0.05, 0) is 60.1 Å².